The predicted octanol–water partition coefficient (Wildman–Crippen LogP) is -1.41. The van der Waals surface area contributed by atoms with E-state index in [4.69, 9.17) is 10.5 Å². The van der Waals surface area contributed by atoms with E-state index in [0.29, 0.717) is 10.0 Å². The number of nitriles is 1. The molecule has 0 atom stereocenters. The summed E-state index contributed by atoms with van der Waals surface area (Å²) in [6.07, 6.45) is 0. The Balaban J connectivity index is 0.00000225. The minimum Gasteiger partial charge on any atom is -1.00 e. The van der Waals surface area contributed by atoms with Crippen LogP contribution in [-0.4, -0.2) is 32.1 Å². The van der Waals surface area contributed by atoms with Gasteiger partial charge in [-0.3, -0.25) is 4.48 Å². The molecule has 0 aromatic heterocycles. The average molecular weight is 331 g/mol. The van der Waals surface area contributed by atoms with Crippen LogP contribution in [0.3, 0.4) is 0 Å². The van der Waals surface area contributed by atoms with Crippen LogP contribution in [0.5, 0.6) is 0 Å². The van der Waals surface area contributed by atoms with Gasteiger partial charge >= 0.3 is 0 Å². The third kappa shape index (κ3) is 3.47. The van der Waals surface area contributed by atoms with Gasteiger partial charge < -0.3 is 29.2 Å². The molecule has 0 unspecified atom stereocenters. The van der Waals surface area contributed by atoms with Crippen LogP contribution in [0, 0.1) is 11.3 Å². The summed E-state index contributed by atoms with van der Waals surface area (Å²) in [7, 11) is 6.17. The first-order valence-corrected chi connectivity index (χ1v) is 4.53. The molecule has 0 aliphatic rings. The maximum absolute atomic E-state index is 8.66. The molecule has 86 valence electrons. The van der Waals surface area contributed by atoms with Crippen molar-refractivity contribution < 1.29 is 29.2 Å². The lowest BCUT2D eigenvalue weighted by molar-refractivity contribution is -0.00000442. The second-order valence-corrected chi connectivity index (χ2v) is 4.12. The van der Waals surface area contributed by atoms with Gasteiger partial charge in [0.25, 0.3) is 0 Å². The van der Waals surface area contributed by atoms with Gasteiger partial charge in [0, 0.05) is 5.56 Å². The van der Waals surface area contributed by atoms with Crippen LogP contribution in [0.4, 0.5) is 5.69 Å². The Labute approximate surface area is 112 Å². The summed E-state index contributed by atoms with van der Waals surface area (Å²) in [4.78, 5) is 0. The molecule has 1 aromatic rings. The number of rotatable bonds is 2. The van der Waals surface area contributed by atoms with Crippen LogP contribution in [0.25, 0.3) is 0 Å². The van der Waals surface area contributed by atoms with Gasteiger partial charge in [0.05, 0.1) is 21.1 Å². The number of nitrogens with zero attached hydrogens (tertiary/aromatic N) is 3. The molecule has 0 aliphatic heterocycles. The van der Waals surface area contributed by atoms with Crippen molar-refractivity contribution in [3.05, 3.63) is 29.8 Å². The third-order valence-corrected chi connectivity index (χ3v) is 2.12. The molecule has 16 heavy (non-hydrogen) atoms. The van der Waals surface area contributed by atoms with Crippen LogP contribution >= 0.6 is 0 Å². The zero-order valence-electron chi connectivity index (χ0n) is 9.48. The Morgan fingerprint density at radius 3 is 2.06 bits per heavy atom. The van der Waals surface area contributed by atoms with Crippen LogP contribution in [0.15, 0.2) is 29.4 Å². The molecule has 5 heteroatoms. The minimum atomic E-state index is 0. The van der Waals surface area contributed by atoms with Crippen molar-refractivity contribution in [2.45, 2.75) is 0 Å². The lowest BCUT2D eigenvalue weighted by Crippen LogP contribution is -3.00. The zero-order valence-corrected chi connectivity index (χ0v) is 11.6. The Morgan fingerprint density at radius 1 is 1.25 bits per heavy atom. The van der Waals surface area contributed by atoms with E-state index in [0.717, 1.165) is 5.69 Å². The summed E-state index contributed by atoms with van der Waals surface area (Å²) in [5.41, 5.74) is 1.77. The summed E-state index contributed by atoms with van der Waals surface area (Å²) in [5.74, 6) is 0. The molecule has 0 radical (unpaired) electrons. The standard InChI is InChI=1S/C11H13N3O.HI/c1-14(2,3)10-6-4-9(5-7-10)11(8-12)13-15;/h4-7H,1-3H3;1H/b13-11+;. The Morgan fingerprint density at radius 2 is 1.75 bits per heavy atom. The van der Waals surface area contributed by atoms with Crippen LogP contribution < -0.4 is 28.5 Å². The number of quaternary nitrogens is 1. The number of hydrogen-bond donors (Lipinski definition) is 1. The maximum Gasteiger partial charge on any atom is 0.186 e. The SMILES string of the molecule is C[N+](C)(C)c1ccc(/C(C#N)=N/O)cc1.[I-]. The molecule has 0 saturated carbocycles. The Bertz CT molecular complexity index is 412. The molecule has 0 fully saturated rings. The maximum atomic E-state index is 8.66. The van der Waals surface area contributed by atoms with Crippen LogP contribution in [0.2, 0.25) is 0 Å². The van der Waals surface area contributed by atoms with Gasteiger partial charge in [-0.05, 0) is 24.3 Å². The Hall–Kier alpha value is -1.13. The van der Waals surface area contributed by atoms with Crippen molar-refractivity contribution in [3.63, 3.8) is 0 Å². The largest absolute Gasteiger partial charge is 1.00 e. The predicted molar refractivity (Wildman–Crippen MR) is 59.9 cm³/mol. The van der Waals surface area contributed by atoms with E-state index in [1.165, 1.54) is 0 Å². The summed E-state index contributed by atoms with van der Waals surface area (Å²) in [5, 5.41) is 20.2. The number of oxime groups is 1. The highest BCUT2D eigenvalue weighted by Crippen LogP contribution is 2.17. The lowest BCUT2D eigenvalue weighted by atomic mass is 10.1. The molecule has 0 amide bonds. The van der Waals surface area contributed by atoms with Crippen molar-refractivity contribution in [1.29, 1.82) is 5.26 Å². The highest BCUT2D eigenvalue weighted by atomic mass is 127. The van der Waals surface area contributed by atoms with Crippen LogP contribution in [-0.2, 0) is 0 Å². The molecule has 1 aromatic carbocycles. The second-order valence-electron chi connectivity index (χ2n) is 4.12. The number of halogens is 1. The van der Waals surface area contributed by atoms with Gasteiger partial charge in [0.2, 0.25) is 0 Å². The first-order chi connectivity index (χ1) is 6.99. The second kappa shape index (κ2) is 5.82. The zero-order chi connectivity index (χ0) is 11.5. The quantitative estimate of drug-likeness (QED) is 0.238. The highest BCUT2D eigenvalue weighted by molar-refractivity contribution is 6.11. The first kappa shape index (κ1) is 14.9. The van der Waals surface area contributed by atoms with Crippen molar-refractivity contribution in [3.8, 4) is 6.07 Å². The monoisotopic (exact) mass is 331 g/mol. The van der Waals surface area contributed by atoms with Crippen molar-refractivity contribution in [2.75, 3.05) is 21.1 Å². The van der Waals surface area contributed by atoms with Gasteiger partial charge in [0.1, 0.15) is 11.8 Å². The highest BCUT2D eigenvalue weighted by Gasteiger charge is 2.12. The summed E-state index contributed by atoms with van der Waals surface area (Å²) in [6, 6.07) is 9.20. The van der Waals surface area contributed by atoms with E-state index in [1.807, 2.05) is 18.2 Å². The summed E-state index contributed by atoms with van der Waals surface area (Å²) < 4.78 is 0.707. The number of benzene rings is 1. The van der Waals surface area contributed by atoms with Crippen molar-refractivity contribution in [1.82, 2.24) is 4.48 Å². The summed E-state index contributed by atoms with van der Waals surface area (Å²) >= 11 is 0. The molecule has 1 rings (SSSR count). The third-order valence-electron chi connectivity index (χ3n) is 2.12. The lowest BCUT2D eigenvalue weighted by Gasteiger charge is -2.23. The van der Waals surface area contributed by atoms with E-state index in [2.05, 4.69) is 26.3 Å². The molecular formula is C11H14IN3O. The first-order valence-electron chi connectivity index (χ1n) is 4.53. The van der Waals surface area contributed by atoms with Gasteiger partial charge in [-0.25, -0.2) is 0 Å². The minimum absolute atomic E-state index is 0. The molecular weight excluding hydrogens is 317 g/mol. The van der Waals surface area contributed by atoms with Gasteiger partial charge in [-0.2, -0.15) is 5.26 Å². The fourth-order valence-corrected chi connectivity index (χ4v) is 1.21. The van der Waals surface area contributed by atoms with E-state index in [1.54, 1.807) is 12.1 Å². The average Bonchev–Trinajstić information content (AvgIpc) is 2.19. The molecule has 4 nitrogen and oxygen atoms in total. The van der Waals surface area contributed by atoms with Crippen molar-refractivity contribution >= 4 is 11.4 Å². The topological polar surface area (TPSA) is 56.4 Å². The molecule has 0 saturated heterocycles. The van der Waals surface area contributed by atoms with Crippen molar-refractivity contribution in [2.24, 2.45) is 5.16 Å². The van der Waals surface area contributed by atoms with E-state index >= 15 is 0 Å². The van der Waals surface area contributed by atoms with E-state index < -0.39 is 0 Å². The summed E-state index contributed by atoms with van der Waals surface area (Å²) in [6.45, 7) is 0. The van der Waals surface area contributed by atoms with Gasteiger partial charge in [-0.15, -0.1) is 0 Å². The van der Waals surface area contributed by atoms with Gasteiger partial charge in [0.15, 0.2) is 5.71 Å². The molecule has 0 spiro atoms. The molecule has 0 bridgehead atoms. The fraction of sp³-hybridized carbons (Fsp3) is 0.273. The molecule has 0 aliphatic carbocycles. The molecule has 1 N–H and O–H groups in total. The van der Waals surface area contributed by atoms with Crippen LogP contribution in [0.1, 0.15) is 5.56 Å². The van der Waals surface area contributed by atoms with Gasteiger partial charge in [-0.1, -0.05) is 5.16 Å². The van der Waals surface area contributed by atoms with E-state index in [9.17, 15) is 0 Å². The molecule has 0 heterocycles. The Kier molecular flexibility index (Phi) is 5.41. The smallest absolute Gasteiger partial charge is 0.186 e. The van der Waals surface area contributed by atoms with E-state index in [-0.39, 0.29) is 29.7 Å². The fourth-order valence-electron chi connectivity index (χ4n) is 1.21. The normalized spacial score (nSPS) is 11.5. The number of hydrogen-bond acceptors (Lipinski definition) is 3.